The van der Waals surface area contributed by atoms with Gasteiger partial charge in [-0.2, -0.15) is 0 Å². The minimum absolute atomic E-state index is 0.876. The molecule has 49 heavy (non-hydrogen) atoms. The highest BCUT2D eigenvalue weighted by Crippen LogP contribution is 2.45. The largest absolute Gasteiger partial charge is 0.455 e. The van der Waals surface area contributed by atoms with Crippen molar-refractivity contribution in [3.8, 4) is 22.3 Å². The van der Waals surface area contributed by atoms with E-state index < -0.39 is 0 Å². The predicted octanol–water partition coefficient (Wildman–Crippen LogP) is 13.9. The van der Waals surface area contributed by atoms with Crippen molar-refractivity contribution in [1.82, 2.24) is 0 Å². The second-order valence-electron chi connectivity index (χ2n) is 12.5. The highest BCUT2D eigenvalue weighted by atomic mass is 32.1. The Morgan fingerprint density at radius 3 is 1.98 bits per heavy atom. The summed E-state index contributed by atoms with van der Waals surface area (Å²) in [6.45, 7) is 0. The van der Waals surface area contributed by atoms with Crippen LogP contribution in [0.3, 0.4) is 0 Å². The Hall–Kier alpha value is -6.16. The molecule has 0 unspecified atom stereocenters. The van der Waals surface area contributed by atoms with Gasteiger partial charge >= 0.3 is 0 Å². The van der Waals surface area contributed by atoms with Gasteiger partial charge in [0.1, 0.15) is 11.2 Å². The molecule has 0 amide bonds. The lowest BCUT2D eigenvalue weighted by Gasteiger charge is -2.27. The SMILES string of the molecule is c1ccc(-c2ccc(N(c3cccc(-c4ccc5c(c4)sc4ccccc45)c3)c3cccc4oc5c6ccccc6ccc5c34)cc2)cc1. The van der Waals surface area contributed by atoms with Gasteiger partial charge in [0.05, 0.1) is 11.1 Å². The Labute approximate surface area is 287 Å². The normalized spacial score (nSPS) is 11.7. The van der Waals surface area contributed by atoms with Gasteiger partial charge in [0.25, 0.3) is 0 Å². The van der Waals surface area contributed by atoms with Gasteiger partial charge in [-0.25, -0.2) is 0 Å². The molecule has 0 fully saturated rings. The van der Waals surface area contributed by atoms with Gasteiger partial charge in [-0.1, -0.05) is 121 Å². The number of fused-ring (bicyclic) bond motifs is 8. The summed E-state index contributed by atoms with van der Waals surface area (Å²) >= 11 is 1.86. The maximum Gasteiger partial charge on any atom is 0.143 e. The fraction of sp³-hybridized carbons (Fsp3) is 0. The van der Waals surface area contributed by atoms with Crippen molar-refractivity contribution in [2.75, 3.05) is 4.90 Å². The van der Waals surface area contributed by atoms with E-state index in [9.17, 15) is 0 Å². The summed E-state index contributed by atoms with van der Waals surface area (Å²) in [7, 11) is 0. The lowest BCUT2D eigenvalue weighted by atomic mass is 10.0. The summed E-state index contributed by atoms with van der Waals surface area (Å²) in [5.41, 5.74) is 9.82. The Kier molecular flexibility index (Phi) is 6.39. The molecule has 10 aromatic rings. The summed E-state index contributed by atoms with van der Waals surface area (Å²) in [5, 5.41) is 7.15. The van der Waals surface area contributed by atoms with Gasteiger partial charge in [-0.15, -0.1) is 11.3 Å². The van der Waals surface area contributed by atoms with Crippen molar-refractivity contribution in [3.05, 3.63) is 176 Å². The van der Waals surface area contributed by atoms with E-state index in [4.69, 9.17) is 4.42 Å². The number of furan rings is 1. The first kappa shape index (κ1) is 27.9. The third-order valence-corrected chi connectivity index (χ3v) is 10.8. The highest BCUT2D eigenvalue weighted by Gasteiger charge is 2.21. The lowest BCUT2D eigenvalue weighted by Crippen LogP contribution is -2.10. The maximum atomic E-state index is 6.64. The van der Waals surface area contributed by atoms with Gasteiger partial charge in [0.2, 0.25) is 0 Å². The number of anilines is 3. The Morgan fingerprint density at radius 1 is 0.408 bits per heavy atom. The molecule has 0 N–H and O–H groups in total. The number of thiophene rings is 1. The number of hydrogen-bond acceptors (Lipinski definition) is 3. The Morgan fingerprint density at radius 2 is 1.08 bits per heavy atom. The topological polar surface area (TPSA) is 16.4 Å². The lowest BCUT2D eigenvalue weighted by molar-refractivity contribution is 0.672. The van der Waals surface area contributed by atoms with Crippen molar-refractivity contribution in [1.29, 1.82) is 0 Å². The molecule has 0 saturated heterocycles. The number of rotatable bonds is 5. The van der Waals surface area contributed by atoms with E-state index >= 15 is 0 Å². The third kappa shape index (κ3) is 4.62. The summed E-state index contributed by atoms with van der Waals surface area (Å²) in [6, 6.07) is 63.2. The molecular formula is C46H29NOS. The van der Waals surface area contributed by atoms with Crippen LogP contribution in [0, 0.1) is 0 Å². The zero-order chi connectivity index (χ0) is 32.3. The summed E-state index contributed by atoms with van der Waals surface area (Å²) < 4.78 is 9.26. The molecule has 230 valence electrons. The molecule has 2 heterocycles. The van der Waals surface area contributed by atoms with Gasteiger partial charge in [0, 0.05) is 42.3 Å². The van der Waals surface area contributed by atoms with E-state index in [1.165, 1.54) is 47.8 Å². The van der Waals surface area contributed by atoms with Crippen LogP contribution in [-0.2, 0) is 0 Å². The first-order valence-corrected chi connectivity index (χ1v) is 17.4. The molecule has 0 bridgehead atoms. The molecule has 0 radical (unpaired) electrons. The van der Waals surface area contributed by atoms with Crippen molar-refractivity contribution in [2.45, 2.75) is 0 Å². The molecule has 0 aliphatic rings. The molecule has 0 atom stereocenters. The predicted molar refractivity (Wildman–Crippen MR) is 210 cm³/mol. The molecule has 2 nitrogen and oxygen atoms in total. The number of nitrogens with zero attached hydrogens (tertiary/aromatic N) is 1. The van der Waals surface area contributed by atoms with Crippen LogP contribution in [0.25, 0.3) is 75.1 Å². The van der Waals surface area contributed by atoms with E-state index in [1.54, 1.807) is 0 Å². The van der Waals surface area contributed by atoms with Crippen LogP contribution in [0.1, 0.15) is 0 Å². The first-order chi connectivity index (χ1) is 24.3. The monoisotopic (exact) mass is 643 g/mol. The molecular weight excluding hydrogens is 615 g/mol. The van der Waals surface area contributed by atoms with E-state index in [1.807, 2.05) is 11.3 Å². The number of benzene rings is 8. The molecule has 0 saturated carbocycles. The van der Waals surface area contributed by atoms with Crippen molar-refractivity contribution >= 4 is 81.3 Å². The summed E-state index contributed by atoms with van der Waals surface area (Å²) in [5.74, 6) is 0. The zero-order valence-corrected chi connectivity index (χ0v) is 27.3. The fourth-order valence-corrected chi connectivity index (χ4v) is 8.46. The van der Waals surface area contributed by atoms with E-state index in [-0.39, 0.29) is 0 Å². The molecule has 0 aliphatic carbocycles. The quantitative estimate of drug-likeness (QED) is 0.186. The molecule has 0 spiro atoms. The van der Waals surface area contributed by atoms with Gasteiger partial charge in [0.15, 0.2) is 0 Å². The van der Waals surface area contributed by atoms with Crippen molar-refractivity contribution in [2.24, 2.45) is 0 Å². The van der Waals surface area contributed by atoms with Crippen LogP contribution in [0.15, 0.2) is 180 Å². The summed E-state index contributed by atoms with van der Waals surface area (Å²) in [4.78, 5) is 2.38. The van der Waals surface area contributed by atoms with Gasteiger partial charge < -0.3 is 9.32 Å². The second kappa shape index (κ2) is 11.2. The molecule has 3 heteroatoms. The van der Waals surface area contributed by atoms with Gasteiger partial charge in [-0.3, -0.25) is 0 Å². The fourth-order valence-electron chi connectivity index (χ4n) is 7.31. The Balaban J connectivity index is 1.17. The molecule has 8 aromatic carbocycles. The van der Waals surface area contributed by atoms with Gasteiger partial charge in [-0.05, 0) is 82.2 Å². The van der Waals surface area contributed by atoms with Crippen LogP contribution >= 0.6 is 11.3 Å². The van der Waals surface area contributed by atoms with E-state index in [0.717, 1.165) is 44.4 Å². The van der Waals surface area contributed by atoms with Crippen LogP contribution < -0.4 is 4.90 Å². The first-order valence-electron chi connectivity index (χ1n) is 16.6. The van der Waals surface area contributed by atoms with Crippen molar-refractivity contribution in [3.63, 3.8) is 0 Å². The van der Waals surface area contributed by atoms with Crippen molar-refractivity contribution < 1.29 is 4.42 Å². The van der Waals surface area contributed by atoms with E-state index in [2.05, 4.69) is 181 Å². The second-order valence-corrected chi connectivity index (χ2v) is 13.6. The van der Waals surface area contributed by atoms with Crippen LogP contribution in [0.2, 0.25) is 0 Å². The third-order valence-electron chi connectivity index (χ3n) is 9.66. The highest BCUT2D eigenvalue weighted by molar-refractivity contribution is 7.25. The number of hydrogen-bond donors (Lipinski definition) is 0. The molecule has 10 rings (SSSR count). The summed E-state index contributed by atoms with van der Waals surface area (Å²) in [6.07, 6.45) is 0. The van der Waals surface area contributed by atoms with Crippen LogP contribution in [0.5, 0.6) is 0 Å². The standard InChI is InChI=1S/C46H29NOS/c1-2-10-30(11-3-1)31-20-24-35(25-21-31)47(41-17-9-18-42-45(41)40-27-22-32-12-4-5-15-37(32)46(40)48-42)36-14-8-13-33(28-36)34-23-26-39-38-16-6-7-19-43(38)49-44(39)29-34/h1-29H. The van der Waals surface area contributed by atoms with Crippen LogP contribution in [-0.4, -0.2) is 0 Å². The zero-order valence-electron chi connectivity index (χ0n) is 26.5. The molecule has 0 aliphatic heterocycles. The van der Waals surface area contributed by atoms with E-state index in [0.29, 0.717) is 0 Å². The maximum absolute atomic E-state index is 6.64. The average Bonchev–Trinajstić information content (AvgIpc) is 3.75. The van der Waals surface area contributed by atoms with Crippen LogP contribution in [0.4, 0.5) is 17.1 Å². The minimum atomic E-state index is 0.876. The average molecular weight is 644 g/mol. The molecule has 2 aromatic heterocycles. The Bertz CT molecular complexity index is 2830. The smallest absolute Gasteiger partial charge is 0.143 e. The minimum Gasteiger partial charge on any atom is -0.455 e.